The third kappa shape index (κ3) is 8.76. The van der Waals surface area contributed by atoms with E-state index in [0.717, 1.165) is 57.6 Å². The van der Waals surface area contributed by atoms with Crippen molar-refractivity contribution in [3.8, 4) is 0 Å². The normalized spacial score (nSPS) is 18.5. The molecule has 5 nitrogen and oxygen atoms in total. The van der Waals surface area contributed by atoms with Crippen LogP contribution < -0.4 is 10.6 Å². The van der Waals surface area contributed by atoms with Crippen LogP contribution in [-0.4, -0.2) is 50.8 Å². The summed E-state index contributed by atoms with van der Waals surface area (Å²) in [7, 11) is 1.82. The SMILES string of the molecule is CCOCCCCNC(=NC)NCc1ccc(CN2CCCC(C)C2)cc1. The summed E-state index contributed by atoms with van der Waals surface area (Å²) in [6, 6.07) is 8.98. The molecular weight excluding hydrogens is 336 g/mol. The molecule has 2 N–H and O–H groups in total. The van der Waals surface area contributed by atoms with Gasteiger partial charge in [-0.25, -0.2) is 0 Å². The van der Waals surface area contributed by atoms with E-state index in [1.807, 2.05) is 14.0 Å². The number of rotatable bonds is 10. The lowest BCUT2D eigenvalue weighted by molar-refractivity contribution is 0.143. The molecule has 0 bridgehead atoms. The van der Waals surface area contributed by atoms with Gasteiger partial charge in [0.25, 0.3) is 0 Å². The van der Waals surface area contributed by atoms with E-state index in [2.05, 4.69) is 51.7 Å². The summed E-state index contributed by atoms with van der Waals surface area (Å²) in [4.78, 5) is 6.88. The van der Waals surface area contributed by atoms with Gasteiger partial charge in [-0.2, -0.15) is 0 Å². The third-order valence-electron chi connectivity index (χ3n) is 5.07. The Balaban J connectivity index is 1.67. The van der Waals surface area contributed by atoms with Crippen molar-refractivity contribution in [2.75, 3.05) is 39.9 Å². The molecule has 2 rings (SSSR count). The van der Waals surface area contributed by atoms with Gasteiger partial charge in [-0.1, -0.05) is 31.2 Å². The molecule has 1 aliphatic heterocycles. The molecule has 1 atom stereocenters. The predicted molar refractivity (Wildman–Crippen MR) is 114 cm³/mol. The van der Waals surface area contributed by atoms with Crippen molar-refractivity contribution in [1.82, 2.24) is 15.5 Å². The Bertz CT molecular complexity index is 544. The van der Waals surface area contributed by atoms with Crippen molar-refractivity contribution in [2.45, 2.75) is 52.6 Å². The van der Waals surface area contributed by atoms with Crippen LogP contribution >= 0.6 is 0 Å². The van der Waals surface area contributed by atoms with Gasteiger partial charge in [0.2, 0.25) is 0 Å². The molecule has 1 unspecified atom stereocenters. The van der Waals surface area contributed by atoms with Crippen molar-refractivity contribution in [3.63, 3.8) is 0 Å². The second-order valence-electron chi connectivity index (χ2n) is 7.56. The van der Waals surface area contributed by atoms with Crippen LogP contribution in [0, 0.1) is 5.92 Å². The molecule has 0 amide bonds. The molecule has 1 aromatic rings. The van der Waals surface area contributed by atoms with E-state index in [-0.39, 0.29) is 0 Å². The van der Waals surface area contributed by atoms with E-state index in [4.69, 9.17) is 4.74 Å². The number of benzene rings is 1. The first-order chi connectivity index (χ1) is 13.2. The summed E-state index contributed by atoms with van der Waals surface area (Å²) < 4.78 is 5.36. The first-order valence-electron chi connectivity index (χ1n) is 10.5. The van der Waals surface area contributed by atoms with Gasteiger partial charge >= 0.3 is 0 Å². The zero-order chi connectivity index (χ0) is 19.3. The molecule has 1 fully saturated rings. The summed E-state index contributed by atoms with van der Waals surface area (Å²) in [5.41, 5.74) is 2.69. The fourth-order valence-electron chi connectivity index (χ4n) is 3.54. The van der Waals surface area contributed by atoms with Crippen molar-refractivity contribution in [3.05, 3.63) is 35.4 Å². The van der Waals surface area contributed by atoms with Crippen LogP contribution in [-0.2, 0) is 17.8 Å². The van der Waals surface area contributed by atoms with E-state index in [1.54, 1.807) is 0 Å². The summed E-state index contributed by atoms with van der Waals surface area (Å²) in [5.74, 6) is 1.69. The van der Waals surface area contributed by atoms with E-state index in [0.29, 0.717) is 0 Å². The van der Waals surface area contributed by atoms with Crippen LogP contribution in [0.5, 0.6) is 0 Å². The number of piperidine rings is 1. The highest BCUT2D eigenvalue weighted by molar-refractivity contribution is 5.79. The monoisotopic (exact) mass is 374 g/mol. The van der Waals surface area contributed by atoms with Crippen LogP contribution in [0.2, 0.25) is 0 Å². The molecule has 0 saturated carbocycles. The maximum Gasteiger partial charge on any atom is 0.191 e. The molecule has 1 heterocycles. The molecule has 0 spiro atoms. The molecule has 1 aliphatic rings. The Kier molecular flexibility index (Phi) is 10.2. The van der Waals surface area contributed by atoms with Gasteiger partial charge in [0, 0.05) is 46.4 Å². The minimum absolute atomic E-state index is 0.791. The second-order valence-corrected chi connectivity index (χ2v) is 7.56. The number of unbranched alkanes of at least 4 members (excludes halogenated alkanes) is 1. The Morgan fingerprint density at radius 3 is 2.67 bits per heavy atom. The molecule has 0 radical (unpaired) electrons. The summed E-state index contributed by atoms with van der Waals surface area (Å²) in [6.45, 7) is 11.3. The van der Waals surface area contributed by atoms with Crippen LogP contribution in [0.15, 0.2) is 29.3 Å². The van der Waals surface area contributed by atoms with Crippen LogP contribution in [0.25, 0.3) is 0 Å². The van der Waals surface area contributed by atoms with E-state index < -0.39 is 0 Å². The smallest absolute Gasteiger partial charge is 0.191 e. The topological polar surface area (TPSA) is 48.9 Å². The highest BCUT2D eigenvalue weighted by Gasteiger charge is 2.16. The maximum atomic E-state index is 5.36. The lowest BCUT2D eigenvalue weighted by Crippen LogP contribution is -2.37. The molecule has 0 aromatic heterocycles. The Morgan fingerprint density at radius 1 is 1.19 bits per heavy atom. The number of nitrogens with one attached hydrogen (secondary N) is 2. The minimum Gasteiger partial charge on any atom is -0.382 e. The van der Waals surface area contributed by atoms with Crippen molar-refractivity contribution >= 4 is 5.96 Å². The summed E-state index contributed by atoms with van der Waals surface area (Å²) in [5, 5.41) is 6.75. The first-order valence-corrected chi connectivity index (χ1v) is 10.5. The highest BCUT2D eigenvalue weighted by atomic mass is 16.5. The Morgan fingerprint density at radius 2 is 1.96 bits per heavy atom. The van der Waals surface area contributed by atoms with Gasteiger partial charge < -0.3 is 15.4 Å². The van der Waals surface area contributed by atoms with Crippen molar-refractivity contribution in [1.29, 1.82) is 0 Å². The lowest BCUT2D eigenvalue weighted by atomic mass is 9.99. The van der Waals surface area contributed by atoms with Crippen LogP contribution in [0.3, 0.4) is 0 Å². The van der Waals surface area contributed by atoms with Gasteiger partial charge in [-0.3, -0.25) is 9.89 Å². The van der Waals surface area contributed by atoms with Gasteiger partial charge in [0.15, 0.2) is 5.96 Å². The fourth-order valence-corrected chi connectivity index (χ4v) is 3.54. The Hall–Kier alpha value is -1.59. The molecule has 5 heteroatoms. The maximum absolute atomic E-state index is 5.36. The second kappa shape index (κ2) is 12.7. The predicted octanol–water partition coefficient (Wildman–Crippen LogP) is 3.40. The number of ether oxygens (including phenoxy) is 1. The summed E-state index contributed by atoms with van der Waals surface area (Å²) >= 11 is 0. The number of hydrogen-bond acceptors (Lipinski definition) is 3. The molecule has 1 aromatic carbocycles. The number of hydrogen-bond donors (Lipinski definition) is 2. The molecule has 152 valence electrons. The Labute approximate surface area is 165 Å². The number of guanidine groups is 1. The van der Waals surface area contributed by atoms with Gasteiger partial charge in [0.1, 0.15) is 0 Å². The van der Waals surface area contributed by atoms with E-state index in [1.165, 1.54) is 37.1 Å². The molecule has 0 aliphatic carbocycles. The zero-order valence-corrected chi connectivity index (χ0v) is 17.5. The average molecular weight is 375 g/mol. The van der Waals surface area contributed by atoms with Crippen molar-refractivity contribution in [2.24, 2.45) is 10.9 Å². The van der Waals surface area contributed by atoms with Gasteiger partial charge in [0.05, 0.1) is 0 Å². The van der Waals surface area contributed by atoms with Crippen LogP contribution in [0.1, 0.15) is 50.7 Å². The first kappa shape index (κ1) is 21.7. The number of aliphatic imine (C=N–C) groups is 1. The summed E-state index contributed by atoms with van der Waals surface area (Å²) in [6.07, 6.45) is 4.88. The molecule has 1 saturated heterocycles. The number of likely N-dealkylation sites (tertiary alicyclic amines) is 1. The van der Waals surface area contributed by atoms with Gasteiger partial charge in [-0.15, -0.1) is 0 Å². The molecule has 27 heavy (non-hydrogen) atoms. The average Bonchev–Trinajstić information content (AvgIpc) is 2.68. The molecular formula is C22H38N4O. The van der Waals surface area contributed by atoms with E-state index >= 15 is 0 Å². The fraction of sp³-hybridized carbons (Fsp3) is 0.682. The standard InChI is InChI=1S/C22H38N4O/c1-4-27-15-6-5-13-24-22(23-3)25-16-20-9-11-21(12-10-20)18-26-14-7-8-19(2)17-26/h9-12,19H,4-8,13-18H2,1-3H3,(H2,23,24,25). The quantitative estimate of drug-likeness (QED) is 0.374. The van der Waals surface area contributed by atoms with Gasteiger partial charge in [-0.05, 0) is 56.2 Å². The number of nitrogens with zero attached hydrogens (tertiary/aromatic N) is 2. The third-order valence-corrected chi connectivity index (χ3v) is 5.07. The van der Waals surface area contributed by atoms with Crippen LogP contribution in [0.4, 0.5) is 0 Å². The lowest BCUT2D eigenvalue weighted by Gasteiger charge is -2.30. The van der Waals surface area contributed by atoms with Crippen molar-refractivity contribution < 1.29 is 4.74 Å². The van der Waals surface area contributed by atoms with E-state index in [9.17, 15) is 0 Å². The minimum atomic E-state index is 0.791. The zero-order valence-electron chi connectivity index (χ0n) is 17.5. The highest BCUT2D eigenvalue weighted by Crippen LogP contribution is 2.18. The largest absolute Gasteiger partial charge is 0.382 e.